The maximum Gasteiger partial charge on any atom is 0.248 e. The summed E-state index contributed by atoms with van der Waals surface area (Å²) in [7, 11) is 9.44. The Morgan fingerprint density at radius 3 is 1.32 bits per heavy atom. The number of hydrogen-bond donors (Lipinski definition) is 6. The molecule has 0 unspecified atom stereocenters. The molecule has 0 aliphatic carbocycles. The van der Waals surface area contributed by atoms with Crippen LogP contribution >= 0.6 is 0 Å². The van der Waals surface area contributed by atoms with Crippen molar-refractivity contribution in [3.05, 3.63) is 24.8 Å². The van der Waals surface area contributed by atoms with Crippen molar-refractivity contribution in [1.29, 1.82) is 0 Å². The van der Waals surface area contributed by atoms with Crippen LogP contribution in [0.3, 0.4) is 0 Å². The van der Waals surface area contributed by atoms with Gasteiger partial charge in [0.05, 0.1) is 15.5 Å². The predicted molar refractivity (Wildman–Crippen MR) is 339 cm³/mol. The molecule has 6 N–H and O–H groups in total. The number of allylic oxidation sites excluding steroid dienone is 3. The molecule has 1 fully saturated rings. The second-order valence-corrected chi connectivity index (χ2v) is 26.5. The molecule has 0 aromatic carbocycles. The minimum Gasteiger partial charge on any atom is -0.394 e. The van der Waals surface area contributed by atoms with Crippen LogP contribution in [0.15, 0.2) is 24.8 Å². The summed E-state index contributed by atoms with van der Waals surface area (Å²) in [5.74, 6) is -11.5. The third-order valence-corrected chi connectivity index (χ3v) is 16.5. The minimum absolute atomic E-state index is 0.0247. The summed E-state index contributed by atoms with van der Waals surface area (Å²) in [5.41, 5.74) is 0. The van der Waals surface area contributed by atoms with Gasteiger partial charge in [0.1, 0.15) is 66.5 Å². The van der Waals surface area contributed by atoms with E-state index in [4.69, 9.17) is 2.74 Å². The second kappa shape index (κ2) is 36.3. The lowest BCUT2D eigenvalue weighted by Gasteiger charge is -2.41. The summed E-state index contributed by atoms with van der Waals surface area (Å²) in [6, 6.07) is -15.0. The fourth-order valence-corrected chi connectivity index (χ4v) is 11.0. The summed E-state index contributed by atoms with van der Waals surface area (Å²) in [4.78, 5) is 170. The van der Waals surface area contributed by atoms with Crippen molar-refractivity contribution in [2.75, 3.05) is 55.9 Å². The zero-order valence-corrected chi connectivity index (χ0v) is 57.2. The van der Waals surface area contributed by atoms with Gasteiger partial charge in [-0.15, -0.1) is 0 Å². The molecule has 0 bridgehead atoms. The number of carbonyl (C=O) groups is 11. The molecule has 1 rings (SSSR count). The van der Waals surface area contributed by atoms with Gasteiger partial charge in [-0.2, -0.15) is 0 Å². The van der Waals surface area contributed by atoms with Gasteiger partial charge >= 0.3 is 0 Å². The molecule has 0 spiro atoms. The summed E-state index contributed by atoms with van der Waals surface area (Å²) < 4.78 is 15.9. The molecule has 502 valence electrons. The highest BCUT2D eigenvalue weighted by Gasteiger charge is 2.46. The van der Waals surface area contributed by atoms with Crippen molar-refractivity contribution >= 4 is 65.0 Å². The Labute approximate surface area is 528 Å². The largest absolute Gasteiger partial charge is 0.394 e. The van der Waals surface area contributed by atoms with Gasteiger partial charge < -0.3 is 65.8 Å². The van der Waals surface area contributed by atoms with E-state index < -0.39 is 162 Å². The third-order valence-electron chi connectivity index (χ3n) is 16.5. The van der Waals surface area contributed by atoms with Gasteiger partial charge in [-0.1, -0.05) is 122 Å². The number of nitrogens with zero attached hydrogens (tertiary/aromatic N) is 7. The molecule has 0 aromatic rings. The first-order valence-electron chi connectivity index (χ1n) is 32.2. The zero-order valence-electron chi connectivity index (χ0n) is 59.2. The Kier molecular flexibility index (Phi) is 31.3. The fourth-order valence-electron chi connectivity index (χ4n) is 11.0. The van der Waals surface area contributed by atoms with Gasteiger partial charge in [-0.05, 0) is 93.8 Å². The molecule has 0 aromatic heterocycles. The van der Waals surface area contributed by atoms with Gasteiger partial charge in [0, 0.05) is 49.3 Å². The summed E-state index contributed by atoms with van der Waals surface area (Å²) in [6.45, 7) is 27.3. The average molecular weight is 1250 g/mol. The molecule has 1 aliphatic heterocycles. The molecular weight excluding hydrogens is 1130 g/mol. The number of amides is 11. The highest BCUT2D eigenvalue weighted by Crippen LogP contribution is 2.26. The topological polar surface area (TPSA) is 299 Å². The third kappa shape index (κ3) is 21.7. The molecule has 1 saturated heterocycles. The van der Waals surface area contributed by atoms with Crippen LogP contribution in [0.25, 0.3) is 0 Å². The van der Waals surface area contributed by atoms with Crippen molar-refractivity contribution in [2.45, 2.75) is 222 Å². The number of nitrogens with one attached hydrogen (secondary N) is 4. The molecule has 11 amide bonds. The van der Waals surface area contributed by atoms with E-state index in [0.717, 1.165) is 21.3 Å². The van der Waals surface area contributed by atoms with E-state index in [1.54, 1.807) is 55.4 Å². The van der Waals surface area contributed by atoms with Crippen molar-refractivity contribution in [2.24, 2.45) is 41.4 Å². The quantitative estimate of drug-likeness (QED) is 0.114. The van der Waals surface area contributed by atoms with E-state index in [1.807, 2.05) is 41.5 Å². The van der Waals surface area contributed by atoms with E-state index in [1.165, 1.54) is 94.9 Å². The number of aliphatic hydroxyl groups is 2. The van der Waals surface area contributed by atoms with E-state index in [0.29, 0.717) is 0 Å². The van der Waals surface area contributed by atoms with Gasteiger partial charge in [0.15, 0.2) is 0 Å². The number of hydrogen-bond acceptors (Lipinski definition) is 13. The SMILES string of the molecule is [2H]C=C/C=C(\[2H])C[C@@H](C)[C@@H](O)[C@H]1C(=O)N[C@@H](CC)C(=O)N(C)[C@H](CO)C(=O)N(C)[C@@H](CC(C)C)C(=O)N[C@@H](C(C)C)C(=O)N(C)[C@@H](CC(C)C)C(=O)N[C@@H](C)C(=O)N[C@H](C)C(=O)N(C)[C@@H](CC(C)C)C(=O)N(C)[C@@H](CC(C)C)C(=O)N(C)[C@@H](C(C)C)C(=O)N1C. The molecule has 0 radical (unpaired) electrons. The van der Waals surface area contributed by atoms with Crippen LogP contribution in [0.1, 0.15) is 152 Å². The molecule has 0 saturated carbocycles. The first-order valence-corrected chi connectivity index (χ1v) is 31.2. The number of rotatable bonds is 17. The summed E-state index contributed by atoms with van der Waals surface area (Å²) in [6.07, 6.45) is 1.02. The van der Waals surface area contributed by atoms with Crippen LogP contribution in [0.4, 0.5) is 0 Å². The maximum absolute atomic E-state index is 15.3. The van der Waals surface area contributed by atoms with Crippen molar-refractivity contribution in [3.63, 3.8) is 0 Å². The number of aliphatic hydroxyl groups excluding tert-OH is 2. The Hall–Kier alpha value is -6.43. The highest BCUT2D eigenvalue weighted by atomic mass is 16.3. The average Bonchev–Trinajstić information content (AvgIpc) is 1.17. The van der Waals surface area contributed by atoms with Crippen molar-refractivity contribution in [3.8, 4) is 0 Å². The van der Waals surface area contributed by atoms with Crippen LogP contribution in [-0.4, -0.2) is 238 Å². The lowest BCUT2D eigenvalue weighted by molar-refractivity contribution is -0.157. The Bertz CT molecular complexity index is 2530. The van der Waals surface area contributed by atoms with Gasteiger partial charge in [0.25, 0.3) is 0 Å². The lowest BCUT2D eigenvalue weighted by Crippen LogP contribution is -2.64. The van der Waals surface area contributed by atoms with Crippen LogP contribution in [-0.2, 0) is 52.7 Å². The Morgan fingerprint density at radius 2 is 0.875 bits per heavy atom. The summed E-state index contributed by atoms with van der Waals surface area (Å²) >= 11 is 0. The highest BCUT2D eigenvalue weighted by molar-refractivity contribution is 6.00. The lowest BCUT2D eigenvalue weighted by atomic mass is 9.91. The standard InChI is InChI=1S/C64H113N11O13/c1-25-27-28-29-41(15)53(77)52-57(81)67-44(26-2)59(83)73(22)49(34-76)62(86)69(18)46(31-36(5)6)56(80)68-50(39(11)12)63(87)70(19)45(30-35(3)4)55(79)65-42(16)54(78)66-43(17)58(82)71(20)47(32-37(7)8)60(84)72(21)48(33-38(9)10)61(85)74(23)51(40(13)14)64(88)75(52)24/h25,27-28,35-53,76-77H,1,26,29-34H2,2-24H3,(H,65,79)(H,66,78)(H,67,81)(H,68,80)/b28-27+/t41-,42+,43-,44+,45+,46+,47+,48+,49-,50+,51+,52+,53-/m1/s1/i1D,28D/b25-1?,28-27+. The normalized spacial score (nSPS) is 27.8. The first-order chi connectivity index (χ1) is 41.6. The van der Waals surface area contributed by atoms with E-state index in [2.05, 4.69) is 21.3 Å². The molecule has 24 heteroatoms. The molecule has 13 atom stereocenters. The number of carbonyl (C=O) groups excluding carboxylic acids is 11. The zero-order chi connectivity index (χ0) is 69.8. The van der Waals surface area contributed by atoms with Crippen LogP contribution < -0.4 is 21.3 Å². The van der Waals surface area contributed by atoms with Crippen LogP contribution in [0.2, 0.25) is 0 Å². The van der Waals surface area contributed by atoms with Crippen LogP contribution in [0.5, 0.6) is 0 Å². The van der Waals surface area contributed by atoms with Crippen molar-refractivity contribution < 1.29 is 65.7 Å². The van der Waals surface area contributed by atoms with Gasteiger partial charge in [0.2, 0.25) is 65.0 Å². The van der Waals surface area contributed by atoms with Gasteiger partial charge in [-0.3, -0.25) is 52.7 Å². The monoisotopic (exact) mass is 1250 g/mol. The Morgan fingerprint density at radius 1 is 0.477 bits per heavy atom. The Balaban J connectivity index is 4.47. The molecular formula is C64H113N11O13. The molecule has 88 heavy (non-hydrogen) atoms. The molecule has 24 nitrogen and oxygen atoms in total. The predicted octanol–water partition coefficient (Wildman–Crippen LogP) is 2.80. The van der Waals surface area contributed by atoms with Gasteiger partial charge in [-0.25, -0.2) is 0 Å². The van der Waals surface area contributed by atoms with E-state index >= 15 is 19.2 Å². The fraction of sp³-hybridized carbons (Fsp3) is 0.766. The maximum atomic E-state index is 15.3. The van der Waals surface area contributed by atoms with Crippen LogP contribution in [0, 0.1) is 41.4 Å². The smallest absolute Gasteiger partial charge is 0.248 e. The van der Waals surface area contributed by atoms with E-state index in [9.17, 15) is 43.8 Å². The molecule has 1 heterocycles. The van der Waals surface area contributed by atoms with E-state index in [-0.39, 0.29) is 68.2 Å². The minimum atomic E-state index is -1.81. The first kappa shape index (κ1) is 75.8. The molecule has 1 aliphatic rings. The number of likely N-dealkylation sites (N-methyl/N-ethyl adjacent to an activating group) is 7. The second-order valence-electron chi connectivity index (χ2n) is 26.5. The van der Waals surface area contributed by atoms with Crippen molar-refractivity contribution in [1.82, 2.24) is 55.6 Å². The summed E-state index contributed by atoms with van der Waals surface area (Å²) in [5, 5.41) is 34.0.